The van der Waals surface area contributed by atoms with Crippen LogP contribution in [0, 0.1) is 0 Å². The summed E-state index contributed by atoms with van der Waals surface area (Å²) in [6, 6.07) is 1.28. The summed E-state index contributed by atoms with van der Waals surface area (Å²) < 4.78 is 4.96. The van der Waals surface area contributed by atoms with E-state index in [2.05, 4.69) is 9.97 Å². The molecule has 8 nitrogen and oxygen atoms in total. The Bertz CT molecular complexity index is 1100. The second kappa shape index (κ2) is 7.11. The molecule has 0 aromatic carbocycles. The quantitative estimate of drug-likeness (QED) is 0.783. The van der Waals surface area contributed by atoms with Crippen LogP contribution in [0.2, 0.25) is 0 Å². The summed E-state index contributed by atoms with van der Waals surface area (Å²) in [5, 5.41) is 0. The Hall–Kier alpha value is -2.90. The number of rotatable bonds is 2. The van der Waals surface area contributed by atoms with Gasteiger partial charge in [-0.05, 0) is 25.7 Å². The predicted molar refractivity (Wildman–Crippen MR) is 112 cm³/mol. The largest absolute Gasteiger partial charge is 0.491 e. The Morgan fingerprint density at radius 1 is 1.20 bits per heavy atom. The van der Waals surface area contributed by atoms with Crippen LogP contribution in [-0.2, 0) is 17.3 Å². The van der Waals surface area contributed by atoms with Gasteiger partial charge in [-0.3, -0.25) is 14.4 Å². The highest BCUT2D eigenvalue weighted by molar-refractivity contribution is 5.92. The van der Waals surface area contributed by atoms with Crippen molar-refractivity contribution >= 4 is 5.91 Å². The van der Waals surface area contributed by atoms with Crippen molar-refractivity contribution in [2.24, 2.45) is 0 Å². The van der Waals surface area contributed by atoms with Gasteiger partial charge in [0.25, 0.3) is 11.5 Å². The number of pyridine rings is 1. The zero-order valence-corrected chi connectivity index (χ0v) is 17.9. The van der Waals surface area contributed by atoms with Gasteiger partial charge in [-0.1, -0.05) is 20.8 Å². The Morgan fingerprint density at radius 2 is 1.90 bits per heavy atom. The van der Waals surface area contributed by atoms with Crippen LogP contribution in [0.3, 0.4) is 0 Å². The predicted octanol–water partition coefficient (Wildman–Crippen LogP) is 1.88. The van der Waals surface area contributed by atoms with Crippen molar-refractivity contribution in [2.45, 2.75) is 57.3 Å². The van der Waals surface area contributed by atoms with Gasteiger partial charge in [0.05, 0.1) is 12.8 Å². The van der Waals surface area contributed by atoms with Gasteiger partial charge >= 0.3 is 0 Å². The fourth-order valence-corrected chi connectivity index (χ4v) is 4.54. The number of amides is 1. The van der Waals surface area contributed by atoms with E-state index in [9.17, 15) is 14.4 Å². The molecular weight excluding hydrogens is 384 g/mol. The number of hydrogen-bond donors (Lipinski definition) is 2. The van der Waals surface area contributed by atoms with Crippen LogP contribution in [0.15, 0.2) is 21.9 Å². The molecule has 0 unspecified atom stereocenters. The van der Waals surface area contributed by atoms with E-state index < -0.39 is 0 Å². The van der Waals surface area contributed by atoms with Gasteiger partial charge in [0, 0.05) is 41.7 Å². The van der Waals surface area contributed by atoms with E-state index in [0.717, 1.165) is 36.9 Å². The monoisotopic (exact) mass is 412 g/mol. The van der Waals surface area contributed by atoms with Crippen molar-refractivity contribution in [3.05, 3.63) is 55.6 Å². The molecule has 4 rings (SSSR count). The third-order valence-electron chi connectivity index (χ3n) is 6.42. The molecule has 2 aliphatic rings. The SMILES string of the molecule is COc1c[nH]c(C(=O)N2CCC3(CCc4c3nc(C(C)(C)C)[nH]c4=O)CC2)cc1=O. The second-order valence-electron chi connectivity index (χ2n) is 9.34. The van der Waals surface area contributed by atoms with Gasteiger partial charge in [0.1, 0.15) is 11.5 Å². The summed E-state index contributed by atoms with van der Waals surface area (Å²) in [5.74, 6) is 0.691. The normalized spacial score (nSPS) is 17.8. The lowest BCUT2D eigenvalue weighted by Gasteiger charge is -2.39. The molecule has 1 saturated heterocycles. The molecule has 1 amide bonds. The van der Waals surface area contributed by atoms with Gasteiger partial charge in [-0.2, -0.15) is 0 Å². The summed E-state index contributed by atoms with van der Waals surface area (Å²) >= 11 is 0. The Kier molecular flexibility index (Phi) is 4.83. The maximum Gasteiger partial charge on any atom is 0.270 e. The molecule has 3 heterocycles. The van der Waals surface area contributed by atoms with Crippen molar-refractivity contribution in [3.63, 3.8) is 0 Å². The molecule has 2 N–H and O–H groups in total. The Balaban J connectivity index is 1.57. The average molecular weight is 412 g/mol. The van der Waals surface area contributed by atoms with Gasteiger partial charge in [-0.25, -0.2) is 4.98 Å². The molecular formula is C22H28N4O4. The van der Waals surface area contributed by atoms with E-state index in [0.29, 0.717) is 18.9 Å². The van der Waals surface area contributed by atoms with Crippen LogP contribution in [0.5, 0.6) is 5.75 Å². The summed E-state index contributed by atoms with van der Waals surface area (Å²) in [6.07, 6.45) is 4.53. The number of H-pyrrole nitrogens is 2. The number of ether oxygens (including phenoxy) is 1. The van der Waals surface area contributed by atoms with E-state index in [1.54, 1.807) is 4.90 Å². The maximum absolute atomic E-state index is 12.9. The molecule has 0 radical (unpaired) electrons. The van der Waals surface area contributed by atoms with E-state index >= 15 is 0 Å². The lowest BCUT2D eigenvalue weighted by Crippen LogP contribution is -2.45. The first kappa shape index (κ1) is 20.4. The molecule has 30 heavy (non-hydrogen) atoms. The number of methoxy groups -OCH3 is 1. The minimum Gasteiger partial charge on any atom is -0.491 e. The Labute approximate surface area is 174 Å². The highest BCUT2D eigenvalue weighted by atomic mass is 16.5. The van der Waals surface area contributed by atoms with Gasteiger partial charge in [0.15, 0.2) is 5.75 Å². The highest BCUT2D eigenvalue weighted by Crippen LogP contribution is 2.44. The Morgan fingerprint density at radius 3 is 2.50 bits per heavy atom. The van der Waals surface area contributed by atoms with Crippen LogP contribution in [0.1, 0.15) is 67.6 Å². The summed E-state index contributed by atoms with van der Waals surface area (Å²) in [6.45, 7) is 7.24. The van der Waals surface area contributed by atoms with Crippen LogP contribution in [0.4, 0.5) is 0 Å². The van der Waals surface area contributed by atoms with Crippen LogP contribution < -0.4 is 15.7 Å². The zero-order chi connectivity index (χ0) is 21.7. The molecule has 0 saturated carbocycles. The number of carbonyl (C=O) groups is 1. The molecule has 1 spiro atoms. The van der Waals surface area contributed by atoms with Gasteiger partial charge in [-0.15, -0.1) is 0 Å². The minimum absolute atomic E-state index is 0.0314. The number of likely N-dealkylation sites (tertiary alicyclic amines) is 1. The summed E-state index contributed by atoms with van der Waals surface area (Å²) in [4.78, 5) is 50.0. The first-order valence-corrected chi connectivity index (χ1v) is 10.3. The minimum atomic E-state index is -0.323. The molecule has 1 fully saturated rings. The topological polar surface area (TPSA) is 108 Å². The standard InChI is InChI=1S/C22H28N4O4/c1-21(2,3)20-24-17-13(18(28)25-20)5-6-22(17)7-9-26(10-8-22)19(29)14-11-15(27)16(30-4)12-23-14/h11-12H,5-10H2,1-4H3,(H,23,27)(H,24,25,28). The number of piperidine rings is 1. The first-order valence-electron chi connectivity index (χ1n) is 10.3. The average Bonchev–Trinajstić information content (AvgIpc) is 3.06. The molecule has 1 aliphatic carbocycles. The molecule has 8 heteroatoms. The summed E-state index contributed by atoms with van der Waals surface area (Å²) in [5.41, 5.74) is 1.21. The van der Waals surface area contributed by atoms with Gasteiger partial charge < -0.3 is 19.6 Å². The number of fused-ring (bicyclic) bond motifs is 2. The van der Waals surface area contributed by atoms with E-state index in [1.807, 2.05) is 20.8 Å². The van der Waals surface area contributed by atoms with Gasteiger partial charge in [0.2, 0.25) is 5.43 Å². The lowest BCUT2D eigenvalue weighted by atomic mass is 9.76. The lowest BCUT2D eigenvalue weighted by molar-refractivity contribution is 0.0657. The van der Waals surface area contributed by atoms with E-state index in [1.165, 1.54) is 19.4 Å². The number of nitrogens with zero attached hydrogens (tertiary/aromatic N) is 2. The number of carbonyl (C=O) groups excluding carboxylic acids is 1. The summed E-state index contributed by atoms with van der Waals surface area (Å²) in [7, 11) is 1.42. The molecule has 1 aliphatic heterocycles. The number of hydrogen-bond acceptors (Lipinski definition) is 5. The number of aromatic amines is 2. The fourth-order valence-electron chi connectivity index (χ4n) is 4.54. The molecule has 160 valence electrons. The van der Waals surface area contributed by atoms with E-state index in [4.69, 9.17) is 9.72 Å². The highest BCUT2D eigenvalue weighted by Gasteiger charge is 2.45. The fraction of sp³-hybridized carbons (Fsp3) is 0.545. The second-order valence-corrected chi connectivity index (χ2v) is 9.34. The smallest absolute Gasteiger partial charge is 0.270 e. The van der Waals surface area contributed by atoms with Crippen LogP contribution in [0.25, 0.3) is 0 Å². The molecule has 2 aromatic heterocycles. The first-order chi connectivity index (χ1) is 14.1. The van der Waals surface area contributed by atoms with Crippen LogP contribution in [-0.4, -0.2) is 46.0 Å². The third-order valence-corrected chi connectivity index (χ3v) is 6.42. The maximum atomic E-state index is 12.9. The molecule has 0 atom stereocenters. The molecule has 0 bridgehead atoms. The number of aromatic nitrogens is 3. The van der Waals surface area contributed by atoms with Crippen molar-refractivity contribution in [1.82, 2.24) is 19.9 Å². The molecule has 2 aromatic rings. The van der Waals surface area contributed by atoms with Crippen molar-refractivity contribution in [3.8, 4) is 5.75 Å². The van der Waals surface area contributed by atoms with Crippen molar-refractivity contribution in [1.29, 1.82) is 0 Å². The zero-order valence-electron chi connectivity index (χ0n) is 17.9. The van der Waals surface area contributed by atoms with Crippen molar-refractivity contribution < 1.29 is 9.53 Å². The van der Waals surface area contributed by atoms with E-state index in [-0.39, 0.29) is 39.2 Å². The third kappa shape index (κ3) is 3.34. The van der Waals surface area contributed by atoms with Crippen LogP contribution >= 0.6 is 0 Å². The number of nitrogens with one attached hydrogen (secondary N) is 2. The van der Waals surface area contributed by atoms with Crippen molar-refractivity contribution in [2.75, 3.05) is 20.2 Å².